The maximum Gasteiger partial charge on any atom is 0.161 e. The summed E-state index contributed by atoms with van der Waals surface area (Å²) < 4.78 is 11.8. The summed E-state index contributed by atoms with van der Waals surface area (Å²) in [5.74, 6) is 2.50. The molecular formula is C17H19NO2S. The van der Waals surface area contributed by atoms with Crippen LogP contribution in [0.15, 0.2) is 41.8 Å². The average molecular weight is 301 g/mol. The molecule has 1 fully saturated rings. The lowest BCUT2D eigenvalue weighted by Crippen LogP contribution is -2.40. The van der Waals surface area contributed by atoms with Gasteiger partial charge in [-0.2, -0.15) is 0 Å². The van der Waals surface area contributed by atoms with E-state index in [9.17, 15) is 0 Å². The number of benzene rings is 1. The number of rotatable bonds is 5. The third kappa shape index (κ3) is 2.92. The highest BCUT2D eigenvalue weighted by atomic mass is 32.1. The molecule has 3 nitrogen and oxygen atoms in total. The lowest BCUT2D eigenvalue weighted by molar-refractivity contribution is 0.0876. The van der Waals surface area contributed by atoms with E-state index < -0.39 is 0 Å². The van der Waals surface area contributed by atoms with Crippen molar-refractivity contribution < 1.29 is 9.47 Å². The SMILES string of the molecule is c1csc(C(NCC2COc3ccccc3O2)C2CC2)c1. The van der Waals surface area contributed by atoms with E-state index in [0.717, 1.165) is 24.0 Å². The van der Waals surface area contributed by atoms with Gasteiger partial charge < -0.3 is 14.8 Å². The minimum Gasteiger partial charge on any atom is -0.486 e. The van der Waals surface area contributed by atoms with Gasteiger partial charge in [0.05, 0.1) is 0 Å². The Bertz CT molecular complexity index is 595. The van der Waals surface area contributed by atoms with Crippen LogP contribution in [0.1, 0.15) is 23.8 Å². The molecule has 2 aliphatic rings. The monoisotopic (exact) mass is 301 g/mol. The largest absolute Gasteiger partial charge is 0.486 e. The van der Waals surface area contributed by atoms with Crippen molar-refractivity contribution in [1.29, 1.82) is 0 Å². The van der Waals surface area contributed by atoms with Crippen molar-refractivity contribution in [1.82, 2.24) is 5.32 Å². The van der Waals surface area contributed by atoms with Crippen LogP contribution in [0.2, 0.25) is 0 Å². The third-order valence-electron chi connectivity index (χ3n) is 4.08. The second kappa shape index (κ2) is 5.70. The summed E-state index contributed by atoms with van der Waals surface area (Å²) >= 11 is 1.84. The molecule has 21 heavy (non-hydrogen) atoms. The van der Waals surface area contributed by atoms with Crippen LogP contribution in [0.3, 0.4) is 0 Å². The molecule has 1 aromatic heterocycles. The molecule has 1 aliphatic carbocycles. The van der Waals surface area contributed by atoms with Crippen molar-refractivity contribution in [2.75, 3.05) is 13.2 Å². The second-order valence-corrected chi connectivity index (χ2v) is 6.72. The van der Waals surface area contributed by atoms with E-state index >= 15 is 0 Å². The van der Waals surface area contributed by atoms with Crippen molar-refractivity contribution in [3.05, 3.63) is 46.7 Å². The van der Waals surface area contributed by atoms with Crippen molar-refractivity contribution in [2.24, 2.45) is 5.92 Å². The minimum absolute atomic E-state index is 0.0844. The van der Waals surface area contributed by atoms with Gasteiger partial charge in [-0.15, -0.1) is 11.3 Å². The molecule has 2 unspecified atom stereocenters. The lowest BCUT2D eigenvalue weighted by Gasteiger charge is -2.28. The molecule has 1 saturated carbocycles. The van der Waals surface area contributed by atoms with Gasteiger partial charge in [0.25, 0.3) is 0 Å². The maximum atomic E-state index is 6.02. The zero-order chi connectivity index (χ0) is 14.1. The first-order valence-electron chi connectivity index (χ1n) is 7.55. The van der Waals surface area contributed by atoms with Crippen LogP contribution in [0.25, 0.3) is 0 Å². The number of hydrogen-bond acceptors (Lipinski definition) is 4. The van der Waals surface area contributed by atoms with Crippen LogP contribution < -0.4 is 14.8 Å². The summed E-state index contributed by atoms with van der Waals surface area (Å²) in [6.07, 6.45) is 2.75. The predicted octanol–water partition coefficient (Wildman–Crippen LogP) is 3.63. The van der Waals surface area contributed by atoms with Gasteiger partial charge in [0.1, 0.15) is 12.7 Å². The predicted molar refractivity (Wildman–Crippen MR) is 84.1 cm³/mol. The van der Waals surface area contributed by atoms with Crippen LogP contribution in [0, 0.1) is 5.92 Å². The van der Waals surface area contributed by atoms with Gasteiger partial charge in [0, 0.05) is 17.5 Å². The molecule has 0 saturated heterocycles. The van der Waals surface area contributed by atoms with E-state index in [1.54, 1.807) is 0 Å². The summed E-state index contributed by atoms with van der Waals surface area (Å²) in [6.45, 7) is 1.44. The summed E-state index contributed by atoms with van der Waals surface area (Å²) in [5, 5.41) is 5.85. The first-order chi connectivity index (χ1) is 10.4. The Morgan fingerprint density at radius 1 is 1.14 bits per heavy atom. The highest BCUT2D eigenvalue weighted by molar-refractivity contribution is 7.10. The van der Waals surface area contributed by atoms with Gasteiger partial charge in [-0.05, 0) is 42.3 Å². The number of nitrogens with one attached hydrogen (secondary N) is 1. The number of fused-ring (bicyclic) bond motifs is 1. The van der Waals surface area contributed by atoms with E-state index in [1.807, 2.05) is 35.6 Å². The van der Waals surface area contributed by atoms with E-state index in [-0.39, 0.29) is 6.10 Å². The highest BCUT2D eigenvalue weighted by Crippen LogP contribution is 2.42. The zero-order valence-electron chi connectivity index (χ0n) is 11.8. The number of para-hydroxylation sites is 2. The molecule has 0 spiro atoms. The second-order valence-electron chi connectivity index (χ2n) is 5.74. The van der Waals surface area contributed by atoms with E-state index in [4.69, 9.17) is 9.47 Å². The topological polar surface area (TPSA) is 30.5 Å². The van der Waals surface area contributed by atoms with Crippen molar-refractivity contribution in [2.45, 2.75) is 25.0 Å². The molecule has 0 radical (unpaired) electrons. The highest BCUT2D eigenvalue weighted by Gasteiger charge is 2.33. The van der Waals surface area contributed by atoms with Gasteiger partial charge in [-0.3, -0.25) is 0 Å². The Labute approximate surface area is 128 Å². The Morgan fingerprint density at radius 3 is 2.76 bits per heavy atom. The first-order valence-corrected chi connectivity index (χ1v) is 8.43. The van der Waals surface area contributed by atoms with Crippen LogP contribution in [-0.2, 0) is 0 Å². The zero-order valence-corrected chi connectivity index (χ0v) is 12.6. The van der Waals surface area contributed by atoms with Gasteiger partial charge in [-0.1, -0.05) is 18.2 Å². The van der Waals surface area contributed by atoms with Gasteiger partial charge >= 0.3 is 0 Å². The fourth-order valence-corrected chi connectivity index (χ4v) is 3.71. The number of ether oxygens (including phenoxy) is 2. The molecule has 4 heteroatoms. The van der Waals surface area contributed by atoms with Gasteiger partial charge in [0.2, 0.25) is 0 Å². The molecule has 110 valence electrons. The van der Waals surface area contributed by atoms with E-state index in [0.29, 0.717) is 12.6 Å². The third-order valence-corrected chi connectivity index (χ3v) is 5.03. The van der Waals surface area contributed by atoms with Crippen LogP contribution in [0.5, 0.6) is 11.5 Å². The molecule has 4 rings (SSSR count). The molecule has 1 aliphatic heterocycles. The number of hydrogen-bond donors (Lipinski definition) is 1. The maximum absolute atomic E-state index is 6.02. The average Bonchev–Trinajstić information content (AvgIpc) is 3.22. The molecule has 1 aromatic carbocycles. The molecule has 2 atom stereocenters. The van der Waals surface area contributed by atoms with Gasteiger partial charge in [0.15, 0.2) is 11.5 Å². The summed E-state index contributed by atoms with van der Waals surface area (Å²) in [5.41, 5.74) is 0. The normalized spacial score (nSPS) is 22.0. The smallest absolute Gasteiger partial charge is 0.161 e. The quantitative estimate of drug-likeness (QED) is 0.915. The Balaban J connectivity index is 1.38. The molecular weight excluding hydrogens is 282 g/mol. The molecule has 2 heterocycles. The van der Waals surface area contributed by atoms with Crippen molar-refractivity contribution in [3.8, 4) is 11.5 Å². The standard InChI is InChI=1S/C17H19NO2S/c1-2-5-15-14(4-1)19-11-13(20-15)10-18-17(12-7-8-12)16-6-3-9-21-16/h1-6,9,12-13,17-18H,7-8,10-11H2. The van der Waals surface area contributed by atoms with Crippen LogP contribution in [-0.4, -0.2) is 19.3 Å². The van der Waals surface area contributed by atoms with E-state index in [1.165, 1.54) is 17.7 Å². The Morgan fingerprint density at radius 2 is 2.00 bits per heavy atom. The van der Waals surface area contributed by atoms with Crippen LogP contribution >= 0.6 is 11.3 Å². The Hall–Kier alpha value is -1.52. The van der Waals surface area contributed by atoms with Crippen LogP contribution in [0.4, 0.5) is 0 Å². The summed E-state index contributed by atoms with van der Waals surface area (Å²) in [4.78, 5) is 1.44. The molecule has 0 bridgehead atoms. The summed E-state index contributed by atoms with van der Waals surface area (Å²) in [6, 6.07) is 12.7. The lowest BCUT2D eigenvalue weighted by atomic mass is 10.1. The molecule has 2 aromatic rings. The van der Waals surface area contributed by atoms with E-state index in [2.05, 4.69) is 22.8 Å². The summed E-state index contributed by atoms with van der Waals surface area (Å²) in [7, 11) is 0. The van der Waals surface area contributed by atoms with Crippen molar-refractivity contribution in [3.63, 3.8) is 0 Å². The van der Waals surface area contributed by atoms with Crippen molar-refractivity contribution >= 4 is 11.3 Å². The minimum atomic E-state index is 0.0844. The van der Waals surface area contributed by atoms with Gasteiger partial charge in [-0.25, -0.2) is 0 Å². The first kappa shape index (κ1) is 13.2. The molecule has 1 N–H and O–H groups in total. The molecule has 0 amide bonds. The Kier molecular flexibility index (Phi) is 3.57. The fourth-order valence-electron chi connectivity index (χ4n) is 2.82. The number of thiophene rings is 1. The fraction of sp³-hybridized carbons (Fsp3) is 0.412.